The summed E-state index contributed by atoms with van der Waals surface area (Å²) in [5.41, 5.74) is 0. The van der Waals surface area contributed by atoms with E-state index in [9.17, 15) is 9.59 Å². The zero-order valence-electron chi connectivity index (χ0n) is 9.47. The predicted molar refractivity (Wildman–Crippen MR) is 57.6 cm³/mol. The topological polar surface area (TPSA) is 67.4 Å². The summed E-state index contributed by atoms with van der Waals surface area (Å²) >= 11 is 0. The zero-order valence-corrected chi connectivity index (χ0v) is 9.47. The van der Waals surface area contributed by atoms with Crippen LogP contribution >= 0.6 is 0 Å². The van der Waals surface area contributed by atoms with Crippen LogP contribution in [-0.4, -0.2) is 31.7 Å². The first-order valence-electron chi connectivity index (χ1n) is 5.38. The second-order valence-electron chi connectivity index (χ2n) is 3.10. The summed E-state index contributed by atoms with van der Waals surface area (Å²) in [5, 5.41) is 5.22. The largest absolute Gasteiger partial charge is 0.450 e. The van der Waals surface area contributed by atoms with Crippen LogP contribution in [-0.2, 0) is 9.53 Å². The number of hydrogen-bond acceptors (Lipinski definition) is 3. The first kappa shape index (κ1) is 13.7. The van der Waals surface area contributed by atoms with Gasteiger partial charge >= 0.3 is 6.09 Å². The van der Waals surface area contributed by atoms with Gasteiger partial charge in [0.25, 0.3) is 0 Å². The van der Waals surface area contributed by atoms with Crippen LogP contribution in [0.3, 0.4) is 0 Å². The number of unbranched alkanes of at least 4 members (excludes halogenated alkanes) is 1. The highest BCUT2D eigenvalue weighted by Crippen LogP contribution is 1.92. The molecule has 0 bridgehead atoms. The third-order valence-corrected chi connectivity index (χ3v) is 1.75. The second-order valence-corrected chi connectivity index (χ2v) is 3.10. The predicted octanol–water partition coefficient (Wildman–Crippen LogP) is 1.04. The molecule has 2 N–H and O–H groups in total. The highest BCUT2D eigenvalue weighted by Gasteiger charge is 2.01. The minimum atomic E-state index is -0.444. The van der Waals surface area contributed by atoms with Gasteiger partial charge in [-0.3, -0.25) is 4.79 Å². The quantitative estimate of drug-likeness (QED) is 0.625. The van der Waals surface area contributed by atoms with E-state index in [0.29, 0.717) is 26.1 Å². The number of rotatable bonds is 7. The molecule has 0 aliphatic rings. The van der Waals surface area contributed by atoms with Crippen molar-refractivity contribution in [3.8, 4) is 0 Å². The summed E-state index contributed by atoms with van der Waals surface area (Å²) in [6.07, 6.45) is 2.02. The molecule has 5 heteroatoms. The van der Waals surface area contributed by atoms with Gasteiger partial charge in [-0.1, -0.05) is 13.3 Å². The number of carbonyl (C=O) groups is 2. The summed E-state index contributed by atoms with van der Waals surface area (Å²) in [7, 11) is 0. The molecule has 0 rings (SSSR count). The SMILES string of the molecule is CCCCC(=O)NCCNC(=O)OCC. The summed E-state index contributed by atoms with van der Waals surface area (Å²) in [4.78, 5) is 21.9. The van der Waals surface area contributed by atoms with E-state index in [-0.39, 0.29) is 5.91 Å². The van der Waals surface area contributed by atoms with Crippen LogP contribution in [0.25, 0.3) is 0 Å². The summed E-state index contributed by atoms with van der Waals surface area (Å²) in [5.74, 6) is 0.0301. The van der Waals surface area contributed by atoms with Crippen LogP contribution in [0.15, 0.2) is 0 Å². The van der Waals surface area contributed by atoms with Gasteiger partial charge in [0.2, 0.25) is 5.91 Å². The molecule has 0 aliphatic carbocycles. The Morgan fingerprint density at radius 1 is 1.13 bits per heavy atom. The van der Waals surface area contributed by atoms with Crippen molar-refractivity contribution in [1.82, 2.24) is 10.6 Å². The lowest BCUT2D eigenvalue weighted by molar-refractivity contribution is -0.121. The number of alkyl carbamates (subject to hydrolysis) is 1. The number of ether oxygens (including phenoxy) is 1. The van der Waals surface area contributed by atoms with Crippen molar-refractivity contribution in [2.75, 3.05) is 19.7 Å². The molecule has 0 aromatic carbocycles. The van der Waals surface area contributed by atoms with E-state index in [4.69, 9.17) is 0 Å². The Kier molecular flexibility index (Phi) is 8.52. The average Bonchev–Trinajstić information content (AvgIpc) is 2.22. The van der Waals surface area contributed by atoms with Crippen molar-refractivity contribution < 1.29 is 14.3 Å². The van der Waals surface area contributed by atoms with Crippen molar-refractivity contribution in [1.29, 1.82) is 0 Å². The van der Waals surface area contributed by atoms with Crippen molar-refractivity contribution in [2.24, 2.45) is 0 Å². The van der Waals surface area contributed by atoms with E-state index in [1.165, 1.54) is 0 Å². The Balaban J connectivity index is 3.30. The van der Waals surface area contributed by atoms with Gasteiger partial charge in [-0.05, 0) is 13.3 Å². The molecule has 0 radical (unpaired) electrons. The van der Waals surface area contributed by atoms with E-state index >= 15 is 0 Å². The molecular weight excluding hydrogens is 196 g/mol. The number of amides is 2. The van der Waals surface area contributed by atoms with Crippen molar-refractivity contribution >= 4 is 12.0 Å². The van der Waals surface area contributed by atoms with Crippen LogP contribution in [0.2, 0.25) is 0 Å². The smallest absolute Gasteiger partial charge is 0.407 e. The normalized spacial score (nSPS) is 9.47. The molecule has 0 aliphatic heterocycles. The maximum absolute atomic E-state index is 11.1. The van der Waals surface area contributed by atoms with E-state index in [1.54, 1.807) is 6.92 Å². The first-order chi connectivity index (χ1) is 7.20. The number of carbonyl (C=O) groups excluding carboxylic acids is 2. The Hall–Kier alpha value is -1.26. The maximum atomic E-state index is 11.1. The zero-order chi connectivity index (χ0) is 11.5. The van der Waals surface area contributed by atoms with Gasteiger partial charge in [-0.25, -0.2) is 4.79 Å². The number of hydrogen-bond donors (Lipinski definition) is 2. The molecule has 0 heterocycles. The van der Waals surface area contributed by atoms with Gasteiger partial charge in [0.05, 0.1) is 6.61 Å². The molecule has 0 aromatic rings. The van der Waals surface area contributed by atoms with Crippen molar-refractivity contribution in [3.05, 3.63) is 0 Å². The molecule has 0 atom stereocenters. The van der Waals surface area contributed by atoms with E-state index in [2.05, 4.69) is 15.4 Å². The highest BCUT2D eigenvalue weighted by atomic mass is 16.5. The lowest BCUT2D eigenvalue weighted by atomic mass is 10.2. The van der Waals surface area contributed by atoms with Crippen LogP contribution in [0.1, 0.15) is 33.1 Å². The van der Waals surface area contributed by atoms with Gasteiger partial charge in [0, 0.05) is 19.5 Å². The molecule has 0 fully saturated rings. The minimum Gasteiger partial charge on any atom is -0.450 e. The van der Waals surface area contributed by atoms with Crippen molar-refractivity contribution in [3.63, 3.8) is 0 Å². The Morgan fingerprint density at radius 3 is 2.40 bits per heavy atom. The standard InChI is InChI=1S/C10H20N2O3/c1-3-5-6-9(13)11-7-8-12-10(14)15-4-2/h3-8H2,1-2H3,(H,11,13)(H,12,14). The van der Waals surface area contributed by atoms with Gasteiger partial charge in [-0.15, -0.1) is 0 Å². The molecule has 88 valence electrons. The van der Waals surface area contributed by atoms with Gasteiger partial charge in [0.1, 0.15) is 0 Å². The molecule has 15 heavy (non-hydrogen) atoms. The summed E-state index contributed by atoms with van der Waals surface area (Å²) in [6.45, 7) is 4.98. The highest BCUT2D eigenvalue weighted by molar-refractivity contribution is 5.75. The van der Waals surface area contributed by atoms with Crippen molar-refractivity contribution in [2.45, 2.75) is 33.1 Å². The van der Waals surface area contributed by atoms with E-state index in [0.717, 1.165) is 12.8 Å². The van der Waals surface area contributed by atoms with E-state index < -0.39 is 6.09 Å². The van der Waals surface area contributed by atoms with Gasteiger partial charge in [0.15, 0.2) is 0 Å². The summed E-state index contributed by atoms with van der Waals surface area (Å²) < 4.78 is 4.65. The van der Waals surface area contributed by atoms with Gasteiger partial charge in [-0.2, -0.15) is 0 Å². The molecule has 2 amide bonds. The fraction of sp³-hybridized carbons (Fsp3) is 0.800. The van der Waals surface area contributed by atoms with Crippen LogP contribution < -0.4 is 10.6 Å². The van der Waals surface area contributed by atoms with Crippen LogP contribution in [0, 0.1) is 0 Å². The van der Waals surface area contributed by atoms with Crippen LogP contribution in [0.4, 0.5) is 4.79 Å². The molecule has 0 spiro atoms. The number of nitrogens with one attached hydrogen (secondary N) is 2. The first-order valence-corrected chi connectivity index (χ1v) is 5.38. The molecular formula is C10H20N2O3. The Bertz CT molecular complexity index is 195. The fourth-order valence-electron chi connectivity index (χ4n) is 0.974. The molecule has 0 aromatic heterocycles. The Morgan fingerprint density at radius 2 is 1.80 bits per heavy atom. The molecule has 0 saturated carbocycles. The van der Waals surface area contributed by atoms with Crippen LogP contribution in [0.5, 0.6) is 0 Å². The minimum absolute atomic E-state index is 0.0301. The monoisotopic (exact) mass is 216 g/mol. The lowest BCUT2D eigenvalue weighted by Gasteiger charge is -2.06. The van der Waals surface area contributed by atoms with Gasteiger partial charge < -0.3 is 15.4 Å². The van der Waals surface area contributed by atoms with E-state index in [1.807, 2.05) is 6.92 Å². The maximum Gasteiger partial charge on any atom is 0.407 e. The fourth-order valence-corrected chi connectivity index (χ4v) is 0.974. The molecule has 0 unspecified atom stereocenters. The third-order valence-electron chi connectivity index (χ3n) is 1.75. The molecule has 0 saturated heterocycles. The lowest BCUT2D eigenvalue weighted by Crippen LogP contribution is -2.34. The third kappa shape index (κ3) is 9.05. The Labute approximate surface area is 90.6 Å². The average molecular weight is 216 g/mol. The molecule has 5 nitrogen and oxygen atoms in total. The summed E-state index contributed by atoms with van der Waals surface area (Å²) in [6, 6.07) is 0. The second kappa shape index (κ2) is 9.30.